The van der Waals surface area contributed by atoms with Gasteiger partial charge in [0.15, 0.2) is 11.6 Å². The SMILES string of the molecule is Cc1ccc(-c2c(N)noc2-c2ccc(C)cc2Br)cc1. The minimum absolute atomic E-state index is 0.404. The summed E-state index contributed by atoms with van der Waals surface area (Å²) in [6, 6.07) is 14.3. The first kappa shape index (κ1) is 13.9. The van der Waals surface area contributed by atoms with Gasteiger partial charge in [-0.05, 0) is 37.1 Å². The summed E-state index contributed by atoms with van der Waals surface area (Å²) in [6.07, 6.45) is 0. The lowest BCUT2D eigenvalue weighted by molar-refractivity contribution is 0.436. The van der Waals surface area contributed by atoms with E-state index in [1.54, 1.807) is 0 Å². The predicted molar refractivity (Wildman–Crippen MR) is 89.0 cm³/mol. The number of anilines is 1. The van der Waals surface area contributed by atoms with E-state index in [1.165, 1.54) is 11.1 Å². The van der Waals surface area contributed by atoms with Crippen LogP contribution in [0.2, 0.25) is 0 Å². The molecule has 0 spiro atoms. The number of nitrogen functional groups attached to an aromatic ring is 1. The lowest BCUT2D eigenvalue weighted by Crippen LogP contribution is -1.89. The van der Waals surface area contributed by atoms with Gasteiger partial charge in [-0.25, -0.2) is 0 Å². The van der Waals surface area contributed by atoms with Crippen molar-refractivity contribution in [3.63, 3.8) is 0 Å². The Morgan fingerprint density at radius 1 is 1.00 bits per heavy atom. The second-order valence-corrected chi connectivity index (χ2v) is 5.98. The predicted octanol–water partition coefficient (Wildman–Crippen LogP) is 4.97. The van der Waals surface area contributed by atoms with Gasteiger partial charge in [-0.3, -0.25) is 0 Å². The molecule has 1 heterocycles. The molecule has 0 atom stereocenters. The van der Waals surface area contributed by atoms with Gasteiger partial charge in [0.25, 0.3) is 0 Å². The number of aromatic nitrogens is 1. The van der Waals surface area contributed by atoms with E-state index < -0.39 is 0 Å². The first-order valence-electron chi connectivity index (χ1n) is 6.65. The molecule has 0 radical (unpaired) electrons. The van der Waals surface area contributed by atoms with E-state index in [4.69, 9.17) is 10.3 Å². The molecule has 1 aromatic heterocycles. The molecule has 4 heteroatoms. The second kappa shape index (κ2) is 5.37. The number of benzene rings is 2. The number of rotatable bonds is 2. The van der Waals surface area contributed by atoms with Crippen LogP contribution in [-0.4, -0.2) is 5.16 Å². The van der Waals surface area contributed by atoms with E-state index >= 15 is 0 Å². The minimum Gasteiger partial charge on any atom is -0.380 e. The highest BCUT2D eigenvalue weighted by atomic mass is 79.9. The summed E-state index contributed by atoms with van der Waals surface area (Å²) in [5.41, 5.74) is 11.2. The summed E-state index contributed by atoms with van der Waals surface area (Å²) >= 11 is 3.58. The zero-order valence-electron chi connectivity index (χ0n) is 11.9. The van der Waals surface area contributed by atoms with Gasteiger partial charge in [-0.15, -0.1) is 0 Å². The van der Waals surface area contributed by atoms with Crippen molar-refractivity contribution in [2.45, 2.75) is 13.8 Å². The van der Waals surface area contributed by atoms with Crippen LogP contribution in [0, 0.1) is 13.8 Å². The number of halogens is 1. The summed E-state index contributed by atoms with van der Waals surface area (Å²) in [6.45, 7) is 4.10. The molecule has 0 saturated carbocycles. The van der Waals surface area contributed by atoms with Gasteiger partial charge in [-0.2, -0.15) is 0 Å². The highest BCUT2D eigenvalue weighted by molar-refractivity contribution is 9.10. The summed E-state index contributed by atoms with van der Waals surface area (Å²) in [5, 5.41) is 3.94. The van der Waals surface area contributed by atoms with Crippen LogP contribution < -0.4 is 5.73 Å². The zero-order chi connectivity index (χ0) is 15.0. The summed E-state index contributed by atoms with van der Waals surface area (Å²) in [7, 11) is 0. The van der Waals surface area contributed by atoms with Gasteiger partial charge >= 0.3 is 0 Å². The normalized spacial score (nSPS) is 10.8. The minimum atomic E-state index is 0.404. The zero-order valence-corrected chi connectivity index (χ0v) is 13.4. The van der Waals surface area contributed by atoms with Crippen molar-refractivity contribution in [3.8, 4) is 22.5 Å². The van der Waals surface area contributed by atoms with Gasteiger partial charge in [0.2, 0.25) is 0 Å². The Labute approximate surface area is 131 Å². The molecule has 2 N–H and O–H groups in total. The number of hydrogen-bond acceptors (Lipinski definition) is 3. The van der Waals surface area contributed by atoms with Crippen molar-refractivity contribution in [2.24, 2.45) is 0 Å². The molecule has 0 amide bonds. The monoisotopic (exact) mass is 342 g/mol. The Morgan fingerprint density at radius 3 is 2.33 bits per heavy atom. The Kier molecular flexibility index (Phi) is 3.55. The molecule has 3 aromatic rings. The van der Waals surface area contributed by atoms with Crippen LogP contribution in [-0.2, 0) is 0 Å². The molecule has 0 unspecified atom stereocenters. The second-order valence-electron chi connectivity index (χ2n) is 5.12. The summed E-state index contributed by atoms with van der Waals surface area (Å²) in [5.74, 6) is 1.09. The van der Waals surface area contributed by atoms with E-state index in [0.29, 0.717) is 11.6 Å². The molecule has 0 bridgehead atoms. The molecular weight excluding hydrogens is 328 g/mol. The number of nitrogens with two attached hydrogens (primary N) is 1. The van der Waals surface area contributed by atoms with Crippen LogP contribution >= 0.6 is 15.9 Å². The third kappa shape index (κ3) is 2.59. The van der Waals surface area contributed by atoms with Crippen LogP contribution in [0.1, 0.15) is 11.1 Å². The summed E-state index contributed by atoms with van der Waals surface area (Å²) < 4.78 is 6.45. The maximum absolute atomic E-state index is 6.01. The van der Waals surface area contributed by atoms with Crippen LogP contribution in [0.3, 0.4) is 0 Å². The highest BCUT2D eigenvalue weighted by Crippen LogP contribution is 2.39. The van der Waals surface area contributed by atoms with Crippen molar-refractivity contribution >= 4 is 21.7 Å². The highest BCUT2D eigenvalue weighted by Gasteiger charge is 2.19. The smallest absolute Gasteiger partial charge is 0.178 e. The quantitative estimate of drug-likeness (QED) is 0.715. The average molecular weight is 343 g/mol. The van der Waals surface area contributed by atoms with Crippen LogP contribution in [0.15, 0.2) is 51.5 Å². The fourth-order valence-corrected chi connectivity index (χ4v) is 2.96. The van der Waals surface area contributed by atoms with Gasteiger partial charge in [0.05, 0.1) is 5.56 Å². The molecule has 0 aliphatic carbocycles. The molecule has 0 fully saturated rings. The standard InChI is InChI=1S/C17H15BrN2O/c1-10-3-6-12(7-4-10)15-16(21-20-17(15)19)13-8-5-11(2)9-14(13)18/h3-9H,1-2H3,(H2,19,20). The molecule has 2 aromatic carbocycles. The van der Waals surface area contributed by atoms with Crippen molar-refractivity contribution in [1.82, 2.24) is 5.16 Å². The molecule has 106 valence electrons. The first-order chi connectivity index (χ1) is 10.1. The fraction of sp³-hybridized carbons (Fsp3) is 0.118. The Hall–Kier alpha value is -2.07. The third-order valence-electron chi connectivity index (χ3n) is 3.43. The van der Waals surface area contributed by atoms with E-state index in [9.17, 15) is 0 Å². The average Bonchev–Trinajstić information content (AvgIpc) is 2.82. The molecular formula is C17H15BrN2O. The van der Waals surface area contributed by atoms with E-state index in [0.717, 1.165) is 21.2 Å². The number of aryl methyl sites for hydroxylation is 2. The lowest BCUT2D eigenvalue weighted by atomic mass is 10.00. The maximum atomic E-state index is 6.01. The van der Waals surface area contributed by atoms with Crippen LogP contribution in [0.5, 0.6) is 0 Å². The van der Waals surface area contributed by atoms with Crippen molar-refractivity contribution in [2.75, 3.05) is 5.73 Å². The maximum Gasteiger partial charge on any atom is 0.178 e. The van der Waals surface area contributed by atoms with E-state index in [-0.39, 0.29) is 0 Å². The molecule has 0 saturated heterocycles. The lowest BCUT2D eigenvalue weighted by Gasteiger charge is -2.06. The van der Waals surface area contributed by atoms with Crippen molar-refractivity contribution in [1.29, 1.82) is 0 Å². The fourth-order valence-electron chi connectivity index (χ4n) is 2.29. The Bertz CT molecular complexity index is 791. The Morgan fingerprint density at radius 2 is 1.67 bits per heavy atom. The van der Waals surface area contributed by atoms with Gasteiger partial charge < -0.3 is 10.3 Å². The number of nitrogens with zero attached hydrogens (tertiary/aromatic N) is 1. The molecule has 0 aliphatic heterocycles. The number of hydrogen-bond donors (Lipinski definition) is 1. The largest absolute Gasteiger partial charge is 0.380 e. The van der Waals surface area contributed by atoms with Crippen LogP contribution in [0.4, 0.5) is 5.82 Å². The Balaban J connectivity index is 2.19. The summed E-state index contributed by atoms with van der Waals surface area (Å²) in [4.78, 5) is 0. The topological polar surface area (TPSA) is 52.0 Å². The van der Waals surface area contributed by atoms with Crippen LogP contribution in [0.25, 0.3) is 22.5 Å². The van der Waals surface area contributed by atoms with Gasteiger partial charge in [0, 0.05) is 10.0 Å². The molecule has 3 rings (SSSR count). The van der Waals surface area contributed by atoms with Gasteiger partial charge in [0.1, 0.15) is 0 Å². The molecule has 21 heavy (non-hydrogen) atoms. The van der Waals surface area contributed by atoms with Crippen molar-refractivity contribution in [3.05, 3.63) is 58.1 Å². The van der Waals surface area contributed by atoms with Gasteiger partial charge in [-0.1, -0.05) is 57.0 Å². The molecule has 0 aliphatic rings. The molecule has 3 nitrogen and oxygen atoms in total. The van der Waals surface area contributed by atoms with E-state index in [2.05, 4.69) is 40.1 Å². The van der Waals surface area contributed by atoms with Crippen molar-refractivity contribution < 1.29 is 4.52 Å². The first-order valence-corrected chi connectivity index (χ1v) is 7.44. The van der Waals surface area contributed by atoms with E-state index in [1.807, 2.05) is 37.3 Å². The third-order valence-corrected chi connectivity index (χ3v) is 4.08.